The van der Waals surface area contributed by atoms with E-state index in [0.717, 1.165) is 30.5 Å². The van der Waals surface area contributed by atoms with Crippen LogP contribution < -0.4 is 5.32 Å². The van der Waals surface area contributed by atoms with Crippen LogP contribution in [0.4, 0.5) is 0 Å². The molecular formula is C22H33Cl2N5O. The van der Waals surface area contributed by atoms with E-state index in [1.807, 2.05) is 12.1 Å². The molecule has 2 aromatic rings. The summed E-state index contributed by atoms with van der Waals surface area (Å²) in [5.74, 6) is 1.82. The van der Waals surface area contributed by atoms with Crippen molar-refractivity contribution in [3.8, 4) is 11.4 Å². The molecule has 1 spiro atoms. The topological polar surface area (TPSA) is 67.1 Å². The molecule has 5 rings (SSSR count). The predicted octanol–water partition coefficient (Wildman–Crippen LogP) is 4.47. The van der Waals surface area contributed by atoms with Crippen LogP contribution in [0.2, 0.25) is 0 Å². The van der Waals surface area contributed by atoms with Gasteiger partial charge in [-0.05, 0) is 88.5 Å². The van der Waals surface area contributed by atoms with E-state index in [1.54, 1.807) is 12.4 Å². The number of pyridine rings is 1. The fraction of sp³-hybridized carbons (Fsp3) is 0.682. The number of rotatable bonds is 3. The number of hydrogen-bond donors (Lipinski definition) is 1. The minimum atomic E-state index is 0. The van der Waals surface area contributed by atoms with Gasteiger partial charge in [-0.25, -0.2) is 0 Å². The highest BCUT2D eigenvalue weighted by Crippen LogP contribution is 2.45. The molecule has 1 N–H and O–H groups in total. The van der Waals surface area contributed by atoms with Crippen molar-refractivity contribution in [1.82, 2.24) is 25.3 Å². The van der Waals surface area contributed by atoms with E-state index in [-0.39, 0.29) is 24.8 Å². The lowest BCUT2D eigenvalue weighted by Crippen LogP contribution is -2.47. The number of likely N-dealkylation sites (tertiary alicyclic amines) is 1. The molecule has 3 aliphatic rings. The third kappa shape index (κ3) is 4.98. The maximum Gasteiger partial charge on any atom is 0.231 e. The summed E-state index contributed by atoms with van der Waals surface area (Å²) >= 11 is 0. The molecule has 1 atom stereocenters. The summed E-state index contributed by atoms with van der Waals surface area (Å²) in [5, 5.41) is 7.74. The molecule has 166 valence electrons. The second-order valence-electron chi connectivity index (χ2n) is 9.01. The Kier molecular flexibility index (Phi) is 8.13. The Morgan fingerprint density at radius 2 is 1.87 bits per heavy atom. The fourth-order valence-electron chi connectivity index (χ4n) is 5.59. The van der Waals surface area contributed by atoms with Crippen LogP contribution in [0.3, 0.4) is 0 Å². The number of aromatic nitrogens is 3. The molecule has 2 saturated heterocycles. The van der Waals surface area contributed by atoms with Crippen molar-refractivity contribution in [1.29, 1.82) is 0 Å². The molecule has 0 radical (unpaired) electrons. The molecule has 30 heavy (non-hydrogen) atoms. The summed E-state index contributed by atoms with van der Waals surface area (Å²) in [6, 6.07) is 4.63. The van der Waals surface area contributed by atoms with Gasteiger partial charge in [-0.3, -0.25) is 9.88 Å². The Balaban J connectivity index is 0.00000128. The van der Waals surface area contributed by atoms with Crippen molar-refractivity contribution in [2.24, 2.45) is 5.41 Å². The lowest BCUT2D eigenvalue weighted by molar-refractivity contribution is 0.0489. The maximum absolute atomic E-state index is 5.66. The monoisotopic (exact) mass is 453 g/mol. The molecule has 8 heteroatoms. The van der Waals surface area contributed by atoms with Gasteiger partial charge in [0, 0.05) is 30.5 Å². The van der Waals surface area contributed by atoms with E-state index in [0.29, 0.717) is 17.2 Å². The number of nitrogens with one attached hydrogen (secondary N) is 1. The Morgan fingerprint density at radius 3 is 2.60 bits per heavy atom. The first-order valence-electron chi connectivity index (χ1n) is 11.0. The predicted molar refractivity (Wildman–Crippen MR) is 122 cm³/mol. The van der Waals surface area contributed by atoms with Crippen molar-refractivity contribution in [3.63, 3.8) is 0 Å². The van der Waals surface area contributed by atoms with E-state index in [4.69, 9.17) is 9.51 Å². The van der Waals surface area contributed by atoms with Crippen LogP contribution in [0.25, 0.3) is 11.4 Å². The standard InChI is InChI=1S/C22H31N5O.2ClH/c1-3-17(15-24-11-1)20-25-21(28-26-20)18-4-2-14-27(16-18)19-5-7-22(8-6-19)9-12-23-13-10-22;;/h1,3,11,15,18-19,23H,2,4-10,12-14,16H2;2*1H. The fourth-order valence-corrected chi connectivity index (χ4v) is 5.59. The van der Waals surface area contributed by atoms with Gasteiger partial charge in [0.2, 0.25) is 11.7 Å². The van der Waals surface area contributed by atoms with Crippen LogP contribution in [0, 0.1) is 5.41 Å². The second kappa shape index (κ2) is 10.4. The number of piperidine rings is 2. The summed E-state index contributed by atoms with van der Waals surface area (Å²) in [6.07, 6.45) is 14.2. The highest BCUT2D eigenvalue weighted by molar-refractivity contribution is 5.85. The molecule has 1 unspecified atom stereocenters. The number of hydrogen-bond acceptors (Lipinski definition) is 6. The van der Waals surface area contributed by atoms with Gasteiger partial charge in [0.15, 0.2) is 0 Å². The molecule has 0 bridgehead atoms. The molecule has 0 amide bonds. The van der Waals surface area contributed by atoms with Gasteiger partial charge in [-0.15, -0.1) is 24.8 Å². The van der Waals surface area contributed by atoms with Gasteiger partial charge < -0.3 is 9.84 Å². The van der Waals surface area contributed by atoms with Crippen LogP contribution in [-0.2, 0) is 0 Å². The van der Waals surface area contributed by atoms with Crippen molar-refractivity contribution >= 4 is 24.8 Å². The first-order chi connectivity index (χ1) is 13.8. The summed E-state index contributed by atoms with van der Waals surface area (Å²) in [4.78, 5) is 11.6. The quantitative estimate of drug-likeness (QED) is 0.739. The van der Waals surface area contributed by atoms with E-state index in [1.165, 1.54) is 64.6 Å². The van der Waals surface area contributed by atoms with Crippen LogP contribution in [0.5, 0.6) is 0 Å². The minimum absolute atomic E-state index is 0. The van der Waals surface area contributed by atoms with Crippen molar-refractivity contribution in [3.05, 3.63) is 30.4 Å². The van der Waals surface area contributed by atoms with Crippen molar-refractivity contribution in [2.75, 3.05) is 26.2 Å². The average Bonchev–Trinajstić information content (AvgIpc) is 3.26. The Bertz CT molecular complexity index is 771. The molecular weight excluding hydrogens is 421 g/mol. The van der Waals surface area contributed by atoms with E-state index in [9.17, 15) is 0 Å². The first-order valence-corrected chi connectivity index (χ1v) is 11.0. The highest BCUT2D eigenvalue weighted by atomic mass is 35.5. The molecule has 2 aliphatic heterocycles. The Labute approximate surface area is 191 Å². The minimum Gasteiger partial charge on any atom is -0.339 e. The summed E-state index contributed by atoms with van der Waals surface area (Å²) in [6.45, 7) is 4.72. The van der Waals surface area contributed by atoms with Gasteiger partial charge in [-0.2, -0.15) is 4.98 Å². The summed E-state index contributed by atoms with van der Waals surface area (Å²) < 4.78 is 5.66. The molecule has 4 heterocycles. The number of nitrogens with zero attached hydrogens (tertiary/aromatic N) is 4. The van der Waals surface area contributed by atoms with Gasteiger partial charge in [0.05, 0.1) is 5.92 Å². The molecule has 1 aliphatic carbocycles. The molecule has 0 aromatic carbocycles. The SMILES string of the molecule is Cl.Cl.c1cncc(-c2noc(C3CCCN(C4CCC5(CCNCC5)CC4)C3)n2)c1. The lowest BCUT2D eigenvalue weighted by atomic mass is 9.67. The first kappa shape index (κ1) is 23.5. The zero-order valence-corrected chi connectivity index (χ0v) is 19.1. The zero-order chi connectivity index (χ0) is 18.8. The summed E-state index contributed by atoms with van der Waals surface area (Å²) in [5.41, 5.74) is 1.56. The van der Waals surface area contributed by atoms with Crippen molar-refractivity contribution in [2.45, 2.75) is 63.3 Å². The highest BCUT2D eigenvalue weighted by Gasteiger charge is 2.39. The van der Waals surface area contributed by atoms with E-state index < -0.39 is 0 Å². The maximum atomic E-state index is 5.66. The molecule has 1 saturated carbocycles. The van der Waals surface area contributed by atoms with Crippen LogP contribution in [-0.4, -0.2) is 52.2 Å². The van der Waals surface area contributed by atoms with Crippen LogP contribution >= 0.6 is 24.8 Å². The van der Waals surface area contributed by atoms with Crippen molar-refractivity contribution < 1.29 is 4.52 Å². The average molecular weight is 454 g/mol. The smallest absolute Gasteiger partial charge is 0.231 e. The normalized spacial score (nSPS) is 24.7. The molecule has 2 aromatic heterocycles. The van der Waals surface area contributed by atoms with Crippen LogP contribution in [0.1, 0.15) is 63.2 Å². The second-order valence-corrected chi connectivity index (χ2v) is 9.01. The molecule has 6 nitrogen and oxygen atoms in total. The van der Waals surface area contributed by atoms with Gasteiger partial charge >= 0.3 is 0 Å². The van der Waals surface area contributed by atoms with Gasteiger partial charge in [-0.1, -0.05) is 5.16 Å². The van der Waals surface area contributed by atoms with Gasteiger partial charge in [0.25, 0.3) is 0 Å². The number of halogens is 2. The van der Waals surface area contributed by atoms with Crippen LogP contribution in [0.15, 0.2) is 29.0 Å². The van der Waals surface area contributed by atoms with E-state index >= 15 is 0 Å². The largest absolute Gasteiger partial charge is 0.339 e. The zero-order valence-electron chi connectivity index (χ0n) is 17.5. The Hall–Kier alpha value is -1.21. The summed E-state index contributed by atoms with van der Waals surface area (Å²) in [7, 11) is 0. The third-order valence-corrected chi connectivity index (χ3v) is 7.36. The molecule has 3 fully saturated rings. The third-order valence-electron chi connectivity index (χ3n) is 7.36. The van der Waals surface area contributed by atoms with E-state index in [2.05, 4.69) is 20.4 Å². The van der Waals surface area contributed by atoms with Gasteiger partial charge in [0.1, 0.15) is 0 Å². The Morgan fingerprint density at radius 1 is 1.07 bits per heavy atom. The lowest BCUT2D eigenvalue weighted by Gasteiger charge is -2.47.